The van der Waals surface area contributed by atoms with Gasteiger partial charge in [-0.3, -0.25) is 0 Å². The van der Waals surface area contributed by atoms with Crippen molar-refractivity contribution in [2.24, 2.45) is 0 Å². The van der Waals surface area contributed by atoms with Crippen LogP contribution in [0.3, 0.4) is 0 Å². The molecule has 0 aromatic heterocycles. The normalized spacial score (nSPS) is 11.7. The third kappa shape index (κ3) is 10.4. The Bertz CT molecular complexity index is 147. The van der Waals surface area contributed by atoms with Gasteiger partial charge in [0.2, 0.25) is 0 Å². The van der Waals surface area contributed by atoms with Gasteiger partial charge >= 0.3 is 87.2 Å². The molecular formula is C11H24OSn. The first-order valence-electron chi connectivity index (χ1n) is 5.47. The minimum absolute atomic E-state index is 0.500. The van der Waals surface area contributed by atoms with Crippen LogP contribution in [0.25, 0.3) is 0 Å². The molecule has 0 aliphatic carbocycles. The van der Waals surface area contributed by atoms with Crippen molar-refractivity contribution in [1.29, 1.82) is 0 Å². The molecule has 0 atom stereocenters. The Labute approximate surface area is 87.2 Å². The molecule has 0 saturated carbocycles. The third-order valence-corrected chi connectivity index (χ3v) is 7.21. The number of hydrogen-bond acceptors (Lipinski definition) is 1. The van der Waals surface area contributed by atoms with E-state index in [9.17, 15) is 4.79 Å². The average Bonchev–Trinajstić information content (AvgIpc) is 2.00. The summed E-state index contributed by atoms with van der Waals surface area (Å²) in [4.78, 5) is 18.6. The molecule has 0 aliphatic heterocycles. The summed E-state index contributed by atoms with van der Waals surface area (Å²) in [6.07, 6.45) is 5.23. The van der Waals surface area contributed by atoms with Gasteiger partial charge in [0.25, 0.3) is 0 Å². The summed E-state index contributed by atoms with van der Waals surface area (Å²) < 4.78 is 1.24. The van der Waals surface area contributed by atoms with E-state index in [0.29, 0.717) is 5.78 Å². The molecule has 0 amide bonds. The predicted octanol–water partition coefficient (Wildman–Crippen LogP) is 3.86. The second kappa shape index (κ2) is 6.85. The number of Topliss-reactive ketones (excluding diaryl/α,β-unsaturated/α-hetero) is 1. The zero-order chi connectivity index (χ0) is 10.3. The molecule has 2 heteroatoms. The molecule has 78 valence electrons. The van der Waals surface area contributed by atoms with Crippen molar-refractivity contribution in [2.75, 3.05) is 0 Å². The topological polar surface area (TPSA) is 17.1 Å². The van der Waals surface area contributed by atoms with E-state index in [-0.39, 0.29) is 0 Å². The zero-order valence-corrected chi connectivity index (χ0v) is 12.5. The van der Waals surface area contributed by atoms with Gasteiger partial charge in [-0.25, -0.2) is 0 Å². The van der Waals surface area contributed by atoms with Crippen molar-refractivity contribution in [3.05, 3.63) is 0 Å². The number of unbranched alkanes of at least 4 members (excludes halogenated alkanes) is 2. The Morgan fingerprint density at radius 2 is 1.69 bits per heavy atom. The fraction of sp³-hybridized carbons (Fsp3) is 0.909. The van der Waals surface area contributed by atoms with E-state index in [1.165, 1.54) is 17.3 Å². The van der Waals surface area contributed by atoms with Gasteiger partial charge < -0.3 is 0 Å². The Balaban J connectivity index is 3.41. The number of ketones is 1. The quantitative estimate of drug-likeness (QED) is 0.514. The molecule has 0 aromatic carbocycles. The van der Waals surface area contributed by atoms with Crippen LogP contribution >= 0.6 is 0 Å². The zero-order valence-electron chi connectivity index (χ0n) is 9.65. The Hall–Kier alpha value is 0.469. The predicted molar refractivity (Wildman–Crippen MR) is 61.9 cm³/mol. The maximum atomic E-state index is 11.4. The van der Waals surface area contributed by atoms with Gasteiger partial charge in [-0.05, 0) is 0 Å². The fourth-order valence-corrected chi connectivity index (χ4v) is 4.15. The molecule has 0 unspecified atom stereocenters. The van der Waals surface area contributed by atoms with E-state index in [0.717, 1.165) is 19.3 Å². The van der Waals surface area contributed by atoms with Gasteiger partial charge in [0.1, 0.15) is 0 Å². The summed E-state index contributed by atoms with van der Waals surface area (Å²) in [5, 5.41) is 0. The first-order valence-corrected chi connectivity index (χ1v) is 16.1. The Morgan fingerprint density at radius 3 is 2.15 bits per heavy atom. The third-order valence-electron chi connectivity index (χ3n) is 2.21. The van der Waals surface area contributed by atoms with Crippen molar-refractivity contribution in [3.8, 4) is 0 Å². The Morgan fingerprint density at radius 1 is 1.08 bits per heavy atom. The van der Waals surface area contributed by atoms with E-state index in [4.69, 9.17) is 0 Å². The molecule has 13 heavy (non-hydrogen) atoms. The average molecular weight is 291 g/mol. The van der Waals surface area contributed by atoms with Crippen molar-refractivity contribution in [2.45, 2.75) is 58.3 Å². The van der Waals surface area contributed by atoms with E-state index in [1.54, 1.807) is 0 Å². The van der Waals surface area contributed by atoms with Crippen LogP contribution in [-0.4, -0.2) is 24.2 Å². The molecule has 0 rings (SSSR count). The number of rotatable bonds is 7. The molecule has 0 fully saturated rings. The van der Waals surface area contributed by atoms with Gasteiger partial charge in [0.15, 0.2) is 0 Å². The molecule has 0 bridgehead atoms. The molecule has 0 heterocycles. The van der Waals surface area contributed by atoms with Crippen LogP contribution in [-0.2, 0) is 4.79 Å². The monoisotopic (exact) mass is 292 g/mol. The van der Waals surface area contributed by atoms with E-state index in [1.807, 2.05) is 0 Å². The van der Waals surface area contributed by atoms with Crippen LogP contribution in [0.15, 0.2) is 0 Å². The molecule has 0 saturated heterocycles. The number of hydrogen-bond donors (Lipinski definition) is 0. The van der Waals surface area contributed by atoms with Crippen molar-refractivity contribution in [3.63, 3.8) is 0 Å². The minimum atomic E-state index is -1.65. The molecular weight excluding hydrogens is 267 g/mol. The van der Waals surface area contributed by atoms with Gasteiger partial charge in [-0.15, -0.1) is 0 Å². The van der Waals surface area contributed by atoms with Crippen molar-refractivity contribution in [1.82, 2.24) is 0 Å². The van der Waals surface area contributed by atoms with Crippen LogP contribution in [0, 0.1) is 0 Å². The van der Waals surface area contributed by atoms with Crippen LogP contribution in [0.4, 0.5) is 0 Å². The number of carbonyl (C=O) groups is 1. The van der Waals surface area contributed by atoms with Crippen LogP contribution in [0.2, 0.25) is 19.3 Å². The summed E-state index contributed by atoms with van der Waals surface area (Å²) in [5.74, 6) is 0.500. The Kier molecular flexibility index (Phi) is 7.10. The second-order valence-corrected chi connectivity index (χ2v) is 21.1. The SMILES string of the molecule is CCCCCC(=O)C[CH2][Sn]([CH3])([CH3])[CH3]. The van der Waals surface area contributed by atoms with Crippen molar-refractivity contribution >= 4 is 24.2 Å². The molecule has 0 aromatic rings. The first-order chi connectivity index (χ1) is 5.95. The van der Waals surface area contributed by atoms with Gasteiger partial charge in [0.05, 0.1) is 0 Å². The van der Waals surface area contributed by atoms with E-state index < -0.39 is 18.4 Å². The molecule has 0 N–H and O–H groups in total. The summed E-state index contributed by atoms with van der Waals surface area (Å²) in [7, 11) is 0. The van der Waals surface area contributed by atoms with E-state index in [2.05, 4.69) is 21.7 Å². The van der Waals surface area contributed by atoms with Crippen LogP contribution < -0.4 is 0 Å². The fourth-order valence-electron chi connectivity index (χ4n) is 1.21. The van der Waals surface area contributed by atoms with Crippen LogP contribution in [0.5, 0.6) is 0 Å². The second-order valence-electron chi connectivity index (χ2n) is 5.06. The van der Waals surface area contributed by atoms with Gasteiger partial charge in [-0.2, -0.15) is 0 Å². The molecule has 0 radical (unpaired) electrons. The summed E-state index contributed by atoms with van der Waals surface area (Å²) in [6, 6.07) is 0. The molecule has 0 spiro atoms. The summed E-state index contributed by atoms with van der Waals surface area (Å²) >= 11 is -1.65. The van der Waals surface area contributed by atoms with Crippen molar-refractivity contribution < 1.29 is 4.79 Å². The molecule has 0 aliphatic rings. The van der Waals surface area contributed by atoms with E-state index >= 15 is 0 Å². The standard InChI is InChI=1S/C8H15O.3CH3.Sn/c1-3-5-6-7-8(9)4-2;;;;/h2-7H2,1H3;3*1H3;. The van der Waals surface area contributed by atoms with Gasteiger partial charge in [0, 0.05) is 0 Å². The summed E-state index contributed by atoms with van der Waals surface area (Å²) in [6.45, 7) is 2.18. The maximum absolute atomic E-state index is 11.4. The summed E-state index contributed by atoms with van der Waals surface area (Å²) in [5.41, 5.74) is 0. The van der Waals surface area contributed by atoms with Gasteiger partial charge in [-0.1, -0.05) is 0 Å². The molecule has 1 nitrogen and oxygen atoms in total. The first kappa shape index (κ1) is 13.5. The van der Waals surface area contributed by atoms with Crippen LogP contribution in [0.1, 0.15) is 39.0 Å². The number of carbonyl (C=O) groups excluding carboxylic acids is 1.